The lowest BCUT2D eigenvalue weighted by Crippen LogP contribution is -2.30. The predicted molar refractivity (Wildman–Crippen MR) is 100 cm³/mol. The summed E-state index contributed by atoms with van der Waals surface area (Å²) in [6, 6.07) is 20.3. The van der Waals surface area contributed by atoms with E-state index in [1.54, 1.807) is 11.3 Å². The minimum Gasteiger partial charge on any atom is -0.330 e. The van der Waals surface area contributed by atoms with Crippen molar-refractivity contribution in [1.29, 1.82) is 0 Å². The Morgan fingerprint density at radius 1 is 0.875 bits per heavy atom. The fourth-order valence-corrected chi connectivity index (χ4v) is 3.56. The number of aryl methyl sites for hydroxylation is 1. The Labute approximate surface area is 147 Å². The molecule has 0 bridgehead atoms. The molecule has 0 unspecified atom stereocenters. The first-order valence-electron chi connectivity index (χ1n) is 8.07. The van der Waals surface area contributed by atoms with E-state index in [-0.39, 0.29) is 5.91 Å². The molecular weight excluding hydrogens is 314 g/mol. The van der Waals surface area contributed by atoms with Gasteiger partial charge < -0.3 is 4.90 Å². The van der Waals surface area contributed by atoms with E-state index in [1.807, 2.05) is 53.6 Å². The zero-order valence-corrected chi connectivity index (χ0v) is 14.8. The third kappa shape index (κ3) is 3.74. The predicted octanol–water partition coefficient (Wildman–Crippen LogP) is 5.21. The van der Waals surface area contributed by atoms with E-state index >= 15 is 0 Å². The summed E-state index contributed by atoms with van der Waals surface area (Å²) < 4.78 is 0. The Balaban J connectivity index is 1.89. The Morgan fingerprint density at radius 3 is 1.79 bits per heavy atom. The van der Waals surface area contributed by atoms with Crippen molar-refractivity contribution in [2.45, 2.75) is 26.9 Å². The van der Waals surface area contributed by atoms with Gasteiger partial charge in [-0.05, 0) is 30.5 Å². The van der Waals surface area contributed by atoms with Crippen molar-refractivity contribution in [3.63, 3.8) is 0 Å². The van der Waals surface area contributed by atoms with Crippen LogP contribution in [-0.4, -0.2) is 10.8 Å². The number of benzene rings is 2. The minimum atomic E-state index is 0.101. The average molecular weight is 335 g/mol. The van der Waals surface area contributed by atoms with E-state index in [4.69, 9.17) is 0 Å². The number of rotatable bonds is 5. The second kappa shape index (κ2) is 7.45. The zero-order valence-electron chi connectivity index (χ0n) is 14.0. The van der Waals surface area contributed by atoms with Gasteiger partial charge in [-0.1, -0.05) is 60.7 Å². The van der Waals surface area contributed by atoms with Gasteiger partial charge in [-0.25, -0.2) is 0 Å². The van der Waals surface area contributed by atoms with Gasteiger partial charge in [-0.2, -0.15) is 0 Å². The van der Waals surface area contributed by atoms with Crippen LogP contribution in [0.5, 0.6) is 0 Å². The van der Waals surface area contributed by atoms with Gasteiger partial charge in [-0.15, -0.1) is 11.3 Å². The quantitative estimate of drug-likeness (QED) is 0.627. The van der Waals surface area contributed by atoms with Crippen molar-refractivity contribution in [2.24, 2.45) is 0 Å². The Bertz CT molecular complexity index is 767. The lowest BCUT2D eigenvalue weighted by atomic mass is 10.1. The Morgan fingerprint density at radius 2 is 1.38 bits per heavy atom. The van der Waals surface area contributed by atoms with Crippen molar-refractivity contribution in [1.82, 2.24) is 4.90 Å². The molecule has 0 fully saturated rings. The number of carbonyl (C=O) groups excluding carboxylic acids is 1. The maximum atomic E-state index is 13.1. The monoisotopic (exact) mass is 335 g/mol. The molecule has 0 radical (unpaired) electrons. The zero-order chi connectivity index (χ0) is 16.9. The normalized spacial score (nSPS) is 10.6. The number of hydrogen-bond acceptors (Lipinski definition) is 2. The summed E-state index contributed by atoms with van der Waals surface area (Å²) >= 11 is 1.64. The molecule has 0 N–H and O–H groups in total. The van der Waals surface area contributed by atoms with Gasteiger partial charge in [0.2, 0.25) is 0 Å². The maximum Gasteiger partial charge on any atom is 0.255 e. The molecule has 122 valence electrons. The summed E-state index contributed by atoms with van der Waals surface area (Å²) in [6.45, 7) is 5.32. The molecule has 0 atom stereocenters. The molecule has 0 aliphatic carbocycles. The number of nitrogens with zero attached hydrogens (tertiary/aromatic N) is 1. The molecule has 0 aliphatic heterocycles. The summed E-state index contributed by atoms with van der Waals surface area (Å²) in [5.74, 6) is 0.101. The van der Waals surface area contributed by atoms with Crippen molar-refractivity contribution < 1.29 is 4.79 Å². The van der Waals surface area contributed by atoms with Crippen molar-refractivity contribution in [3.05, 3.63) is 93.2 Å². The highest BCUT2D eigenvalue weighted by Gasteiger charge is 2.20. The molecule has 0 aliphatic rings. The summed E-state index contributed by atoms with van der Waals surface area (Å²) in [5, 5.41) is 1.98. The smallest absolute Gasteiger partial charge is 0.255 e. The van der Waals surface area contributed by atoms with E-state index < -0.39 is 0 Å². The molecular formula is C21H21NOS. The fraction of sp³-hybridized carbons (Fsp3) is 0.190. The molecule has 1 heterocycles. The molecule has 3 heteroatoms. The van der Waals surface area contributed by atoms with Gasteiger partial charge in [-0.3, -0.25) is 4.79 Å². The molecule has 0 spiro atoms. The number of amides is 1. The third-order valence-corrected chi connectivity index (χ3v) is 5.25. The Kier molecular flexibility index (Phi) is 5.11. The SMILES string of the molecule is Cc1scc(C(=O)N(Cc2ccccc2)Cc2ccccc2)c1C. The van der Waals surface area contributed by atoms with Crippen molar-refractivity contribution >= 4 is 17.2 Å². The lowest BCUT2D eigenvalue weighted by molar-refractivity contribution is 0.0730. The van der Waals surface area contributed by atoms with Crippen LogP contribution in [0.2, 0.25) is 0 Å². The van der Waals surface area contributed by atoms with E-state index in [0.29, 0.717) is 13.1 Å². The maximum absolute atomic E-state index is 13.1. The molecule has 2 aromatic carbocycles. The Hall–Kier alpha value is -2.39. The first kappa shape index (κ1) is 16.5. The van der Waals surface area contributed by atoms with Crippen molar-refractivity contribution in [2.75, 3.05) is 0 Å². The summed E-state index contributed by atoms with van der Waals surface area (Å²) in [5.41, 5.74) is 4.21. The van der Waals surface area contributed by atoms with Gasteiger partial charge in [0.05, 0.1) is 5.56 Å². The number of carbonyl (C=O) groups is 1. The van der Waals surface area contributed by atoms with Crippen molar-refractivity contribution in [3.8, 4) is 0 Å². The fourth-order valence-electron chi connectivity index (χ4n) is 2.70. The molecule has 3 aromatic rings. The summed E-state index contributed by atoms with van der Waals surface area (Å²) in [4.78, 5) is 16.3. The molecule has 1 aromatic heterocycles. The number of hydrogen-bond donors (Lipinski definition) is 0. The molecule has 1 amide bonds. The molecule has 0 saturated heterocycles. The van der Waals surface area contributed by atoms with Crippen LogP contribution >= 0.6 is 11.3 Å². The minimum absolute atomic E-state index is 0.101. The summed E-state index contributed by atoms with van der Waals surface area (Å²) in [7, 11) is 0. The van der Waals surface area contributed by atoms with Gasteiger partial charge in [0.25, 0.3) is 5.91 Å². The van der Waals surface area contributed by atoms with Crippen LogP contribution in [0, 0.1) is 13.8 Å². The third-order valence-electron chi connectivity index (χ3n) is 4.24. The second-order valence-corrected chi connectivity index (χ2v) is 7.05. The molecule has 3 rings (SSSR count). The first-order chi connectivity index (χ1) is 11.6. The van der Waals surface area contributed by atoms with Crippen LogP contribution in [0.1, 0.15) is 31.9 Å². The molecule has 0 saturated carbocycles. The highest BCUT2D eigenvalue weighted by Crippen LogP contribution is 2.23. The van der Waals surface area contributed by atoms with Crippen LogP contribution in [-0.2, 0) is 13.1 Å². The molecule has 24 heavy (non-hydrogen) atoms. The highest BCUT2D eigenvalue weighted by molar-refractivity contribution is 7.10. The van der Waals surface area contributed by atoms with E-state index in [9.17, 15) is 4.79 Å². The topological polar surface area (TPSA) is 20.3 Å². The van der Waals surface area contributed by atoms with Gasteiger partial charge in [0.1, 0.15) is 0 Å². The van der Waals surface area contributed by atoms with Crippen LogP contribution in [0.3, 0.4) is 0 Å². The van der Waals surface area contributed by atoms with Gasteiger partial charge in [0, 0.05) is 23.3 Å². The second-order valence-electron chi connectivity index (χ2n) is 5.96. The van der Waals surface area contributed by atoms with Crippen LogP contribution in [0.25, 0.3) is 0 Å². The van der Waals surface area contributed by atoms with Crippen LogP contribution < -0.4 is 0 Å². The standard InChI is InChI=1S/C21H21NOS/c1-16-17(2)24-15-20(16)21(23)22(13-18-9-5-3-6-10-18)14-19-11-7-4-8-12-19/h3-12,15H,13-14H2,1-2H3. The first-order valence-corrected chi connectivity index (χ1v) is 8.95. The average Bonchev–Trinajstić information content (AvgIpc) is 2.95. The summed E-state index contributed by atoms with van der Waals surface area (Å²) in [6.07, 6.45) is 0. The van der Waals surface area contributed by atoms with E-state index in [0.717, 1.165) is 22.3 Å². The van der Waals surface area contributed by atoms with Crippen LogP contribution in [0.4, 0.5) is 0 Å². The molecule has 2 nitrogen and oxygen atoms in total. The van der Waals surface area contributed by atoms with Gasteiger partial charge >= 0.3 is 0 Å². The van der Waals surface area contributed by atoms with E-state index in [2.05, 4.69) is 31.2 Å². The van der Waals surface area contributed by atoms with E-state index in [1.165, 1.54) is 4.88 Å². The largest absolute Gasteiger partial charge is 0.330 e. The lowest BCUT2D eigenvalue weighted by Gasteiger charge is -2.23. The van der Waals surface area contributed by atoms with Crippen LogP contribution in [0.15, 0.2) is 66.0 Å². The highest BCUT2D eigenvalue weighted by atomic mass is 32.1. The van der Waals surface area contributed by atoms with Gasteiger partial charge in [0.15, 0.2) is 0 Å². The number of thiophene rings is 1.